The lowest BCUT2D eigenvalue weighted by atomic mass is 9.94. The maximum absolute atomic E-state index is 5.85. The van der Waals surface area contributed by atoms with Crippen LogP contribution in [0.1, 0.15) is 42.5 Å². The lowest BCUT2D eigenvalue weighted by molar-refractivity contribution is 0.472. The van der Waals surface area contributed by atoms with E-state index in [0.29, 0.717) is 11.0 Å². The van der Waals surface area contributed by atoms with E-state index in [1.54, 1.807) is 0 Å². The number of aryl methyl sites for hydroxylation is 1. The van der Waals surface area contributed by atoms with Gasteiger partial charge >= 0.3 is 0 Å². The molecule has 0 bridgehead atoms. The molecule has 1 saturated carbocycles. The number of hydrogen-bond acceptors (Lipinski definition) is 5. The highest BCUT2D eigenvalue weighted by Gasteiger charge is 2.22. The molecule has 1 heterocycles. The first kappa shape index (κ1) is 15.5. The molecule has 0 unspecified atom stereocenters. The standard InChI is InChI=1S/C14H22N4S2/c1-8-9(2)17-18-14(12(8)13(15)19)16-10-4-6-11(20-3)7-5-10/h10-11H,4-7H2,1-3H3,(H2,15,19)(H,16,18). The van der Waals surface area contributed by atoms with E-state index >= 15 is 0 Å². The highest BCUT2D eigenvalue weighted by Crippen LogP contribution is 2.29. The Morgan fingerprint density at radius 3 is 2.45 bits per heavy atom. The fraction of sp³-hybridized carbons (Fsp3) is 0.643. The molecule has 0 radical (unpaired) electrons. The molecule has 0 amide bonds. The maximum atomic E-state index is 5.85. The summed E-state index contributed by atoms with van der Waals surface area (Å²) in [6.45, 7) is 3.92. The molecule has 0 aliphatic heterocycles. The quantitative estimate of drug-likeness (QED) is 0.834. The first-order valence-corrected chi connectivity index (χ1v) is 8.65. The molecule has 1 aromatic rings. The zero-order valence-electron chi connectivity index (χ0n) is 12.3. The van der Waals surface area contributed by atoms with Gasteiger partial charge in [0, 0.05) is 11.3 Å². The van der Waals surface area contributed by atoms with Gasteiger partial charge in [-0.05, 0) is 51.3 Å². The number of rotatable bonds is 4. The van der Waals surface area contributed by atoms with Crippen LogP contribution in [0, 0.1) is 13.8 Å². The summed E-state index contributed by atoms with van der Waals surface area (Å²) in [4.78, 5) is 0.390. The van der Waals surface area contributed by atoms with Gasteiger partial charge in [-0.25, -0.2) is 0 Å². The Bertz CT molecular complexity index is 496. The first-order valence-electron chi connectivity index (χ1n) is 6.96. The van der Waals surface area contributed by atoms with Crippen molar-refractivity contribution < 1.29 is 0 Å². The minimum atomic E-state index is 0.390. The van der Waals surface area contributed by atoms with Gasteiger partial charge in [0.15, 0.2) is 5.82 Å². The summed E-state index contributed by atoms with van der Waals surface area (Å²) in [6.07, 6.45) is 7.02. The van der Waals surface area contributed by atoms with Gasteiger partial charge in [0.05, 0.1) is 11.3 Å². The third kappa shape index (κ3) is 3.41. The van der Waals surface area contributed by atoms with Crippen LogP contribution >= 0.6 is 24.0 Å². The van der Waals surface area contributed by atoms with Gasteiger partial charge in [-0.2, -0.15) is 16.9 Å². The van der Waals surface area contributed by atoms with Crippen molar-refractivity contribution >= 4 is 34.8 Å². The van der Waals surface area contributed by atoms with Gasteiger partial charge in [0.1, 0.15) is 4.99 Å². The van der Waals surface area contributed by atoms with Gasteiger partial charge in [0.25, 0.3) is 0 Å². The molecule has 2 rings (SSSR count). The van der Waals surface area contributed by atoms with Crippen molar-refractivity contribution in [3.8, 4) is 0 Å². The molecule has 6 heteroatoms. The number of thiocarbonyl (C=S) groups is 1. The molecule has 110 valence electrons. The molecule has 1 aliphatic carbocycles. The van der Waals surface area contributed by atoms with Gasteiger partial charge in [0.2, 0.25) is 0 Å². The van der Waals surface area contributed by atoms with Crippen LogP contribution in [-0.4, -0.2) is 32.7 Å². The normalized spacial score (nSPS) is 22.6. The molecule has 1 aliphatic rings. The van der Waals surface area contributed by atoms with E-state index in [0.717, 1.165) is 40.7 Å². The van der Waals surface area contributed by atoms with Gasteiger partial charge in [-0.15, -0.1) is 5.10 Å². The Morgan fingerprint density at radius 2 is 1.90 bits per heavy atom. The largest absolute Gasteiger partial charge is 0.389 e. The minimum Gasteiger partial charge on any atom is -0.389 e. The number of thioether (sulfide) groups is 1. The Morgan fingerprint density at radius 1 is 1.25 bits per heavy atom. The van der Waals surface area contributed by atoms with Crippen LogP contribution in [0.5, 0.6) is 0 Å². The lowest BCUT2D eigenvalue weighted by Gasteiger charge is -2.29. The Balaban J connectivity index is 2.14. The van der Waals surface area contributed by atoms with Crippen LogP contribution in [0.3, 0.4) is 0 Å². The Kier molecular flexibility index (Phi) is 5.21. The molecule has 20 heavy (non-hydrogen) atoms. The smallest absolute Gasteiger partial charge is 0.159 e. The van der Waals surface area contributed by atoms with Crippen LogP contribution in [0.4, 0.5) is 5.82 Å². The molecule has 4 nitrogen and oxygen atoms in total. The average molecular weight is 310 g/mol. The van der Waals surface area contributed by atoms with E-state index in [-0.39, 0.29) is 0 Å². The van der Waals surface area contributed by atoms with E-state index in [2.05, 4.69) is 21.8 Å². The maximum Gasteiger partial charge on any atom is 0.159 e. The summed E-state index contributed by atoms with van der Waals surface area (Å²) in [5, 5.41) is 12.7. The molecule has 0 aromatic carbocycles. The van der Waals surface area contributed by atoms with Crippen molar-refractivity contribution in [2.75, 3.05) is 11.6 Å². The summed E-state index contributed by atoms with van der Waals surface area (Å²) in [6, 6.07) is 0.447. The number of hydrogen-bond donors (Lipinski definition) is 2. The highest BCUT2D eigenvalue weighted by molar-refractivity contribution is 7.99. The van der Waals surface area contributed by atoms with Gasteiger partial charge in [-0.3, -0.25) is 0 Å². The lowest BCUT2D eigenvalue weighted by Crippen LogP contribution is -2.29. The van der Waals surface area contributed by atoms with Crippen molar-refractivity contribution in [1.29, 1.82) is 0 Å². The number of nitrogens with zero attached hydrogens (tertiary/aromatic N) is 2. The fourth-order valence-corrected chi connectivity index (χ4v) is 3.64. The second-order valence-electron chi connectivity index (χ2n) is 5.35. The average Bonchev–Trinajstić information content (AvgIpc) is 2.43. The highest BCUT2D eigenvalue weighted by atomic mass is 32.2. The number of anilines is 1. The second-order valence-corrected chi connectivity index (χ2v) is 6.93. The summed E-state index contributed by atoms with van der Waals surface area (Å²) in [7, 11) is 0. The SMILES string of the molecule is CSC1CCC(Nc2nnc(C)c(C)c2C(N)=S)CC1. The van der Waals surface area contributed by atoms with Crippen molar-refractivity contribution in [1.82, 2.24) is 10.2 Å². The third-order valence-corrected chi connectivity index (χ3v) is 5.39. The minimum absolute atomic E-state index is 0.390. The van der Waals surface area contributed by atoms with Crippen molar-refractivity contribution in [3.63, 3.8) is 0 Å². The zero-order valence-corrected chi connectivity index (χ0v) is 13.9. The van der Waals surface area contributed by atoms with Crippen LogP contribution in [0.2, 0.25) is 0 Å². The topological polar surface area (TPSA) is 63.8 Å². The van der Waals surface area contributed by atoms with E-state index in [9.17, 15) is 0 Å². The third-order valence-electron chi connectivity index (χ3n) is 4.05. The van der Waals surface area contributed by atoms with E-state index < -0.39 is 0 Å². The van der Waals surface area contributed by atoms with E-state index in [4.69, 9.17) is 18.0 Å². The first-order chi connectivity index (χ1) is 9.52. The fourth-order valence-electron chi connectivity index (χ4n) is 2.65. The number of nitrogens with one attached hydrogen (secondary N) is 1. The molecule has 0 spiro atoms. The predicted molar refractivity (Wildman–Crippen MR) is 90.6 cm³/mol. The van der Waals surface area contributed by atoms with E-state index in [1.807, 2.05) is 25.6 Å². The summed E-state index contributed by atoms with van der Waals surface area (Å²) >= 11 is 7.14. The van der Waals surface area contributed by atoms with Crippen LogP contribution < -0.4 is 11.1 Å². The summed E-state index contributed by atoms with van der Waals surface area (Å²) in [5.74, 6) is 0.744. The second kappa shape index (κ2) is 6.72. The monoisotopic (exact) mass is 310 g/mol. The van der Waals surface area contributed by atoms with Crippen molar-refractivity contribution in [3.05, 3.63) is 16.8 Å². The van der Waals surface area contributed by atoms with E-state index in [1.165, 1.54) is 12.8 Å². The number of aromatic nitrogens is 2. The van der Waals surface area contributed by atoms with Crippen molar-refractivity contribution in [2.24, 2.45) is 5.73 Å². The zero-order chi connectivity index (χ0) is 14.7. The molecular weight excluding hydrogens is 288 g/mol. The predicted octanol–water partition coefficient (Wildman–Crippen LogP) is 2.81. The van der Waals surface area contributed by atoms with Crippen LogP contribution in [-0.2, 0) is 0 Å². The van der Waals surface area contributed by atoms with Gasteiger partial charge in [-0.1, -0.05) is 12.2 Å². The summed E-state index contributed by atoms with van der Waals surface area (Å²) < 4.78 is 0. The molecular formula is C14H22N4S2. The van der Waals surface area contributed by atoms with Crippen LogP contribution in [0.25, 0.3) is 0 Å². The molecule has 3 N–H and O–H groups in total. The van der Waals surface area contributed by atoms with Crippen LogP contribution in [0.15, 0.2) is 0 Å². The Hall–Kier alpha value is -0.880. The van der Waals surface area contributed by atoms with Gasteiger partial charge < -0.3 is 11.1 Å². The molecule has 1 aromatic heterocycles. The van der Waals surface area contributed by atoms with Crippen molar-refractivity contribution in [2.45, 2.75) is 50.8 Å². The molecule has 0 atom stereocenters. The number of nitrogens with two attached hydrogens (primary N) is 1. The summed E-state index contributed by atoms with van der Waals surface area (Å²) in [5.41, 5.74) is 8.60. The molecule has 1 fully saturated rings. The Labute approximate surface area is 130 Å². The molecule has 0 saturated heterocycles.